The van der Waals surface area contributed by atoms with E-state index in [1.54, 1.807) is 0 Å². The van der Waals surface area contributed by atoms with E-state index < -0.39 is 0 Å². The standard InChI is InChI=1S/C22H30N4O3S/c1-14(2)29-19-10-6-5-9-18(19)24-21(28)17-8-7-11-26(12-17)13-20(27)25-22-23-15(3)16(4)30-22/h5-6,9-10,14,17H,7-8,11-13H2,1-4H3,(H,24,28)(H,23,25,27). The van der Waals surface area contributed by atoms with Crippen molar-refractivity contribution in [3.8, 4) is 5.75 Å². The Hall–Kier alpha value is -2.45. The summed E-state index contributed by atoms with van der Waals surface area (Å²) in [6.07, 6.45) is 1.71. The van der Waals surface area contributed by atoms with Gasteiger partial charge in [0, 0.05) is 11.4 Å². The molecule has 2 N–H and O–H groups in total. The van der Waals surface area contributed by atoms with Gasteiger partial charge in [-0.3, -0.25) is 14.5 Å². The number of aromatic nitrogens is 1. The van der Waals surface area contributed by atoms with Gasteiger partial charge in [0.1, 0.15) is 5.75 Å². The van der Waals surface area contributed by atoms with Gasteiger partial charge in [0.05, 0.1) is 29.9 Å². The summed E-state index contributed by atoms with van der Waals surface area (Å²) < 4.78 is 5.79. The van der Waals surface area contributed by atoms with Gasteiger partial charge in [-0.05, 0) is 59.2 Å². The number of thiazole rings is 1. The molecule has 0 radical (unpaired) electrons. The lowest BCUT2D eigenvalue weighted by atomic mass is 9.97. The average molecular weight is 431 g/mol. The van der Waals surface area contributed by atoms with Crippen molar-refractivity contribution in [2.24, 2.45) is 5.92 Å². The number of aryl methyl sites for hydroxylation is 2. The lowest BCUT2D eigenvalue weighted by molar-refractivity contribution is -0.123. The Morgan fingerprint density at radius 3 is 2.73 bits per heavy atom. The summed E-state index contributed by atoms with van der Waals surface area (Å²) >= 11 is 1.48. The van der Waals surface area contributed by atoms with E-state index in [-0.39, 0.29) is 30.4 Å². The smallest absolute Gasteiger partial charge is 0.240 e. The fourth-order valence-electron chi connectivity index (χ4n) is 3.46. The van der Waals surface area contributed by atoms with Crippen LogP contribution in [-0.4, -0.2) is 47.4 Å². The third kappa shape index (κ3) is 6.03. The van der Waals surface area contributed by atoms with E-state index in [2.05, 4.69) is 15.6 Å². The molecule has 1 aliphatic heterocycles. The maximum atomic E-state index is 12.9. The maximum Gasteiger partial charge on any atom is 0.240 e. The molecule has 1 aromatic carbocycles. The summed E-state index contributed by atoms with van der Waals surface area (Å²) in [5, 5.41) is 6.51. The largest absolute Gasteiger partial charge is 0.489 e. The molecule has 1 aromatic heterocycles. The number of benzene rings is 1. The zero-order chi connectivity index (χ0) is 21.7. The van der Waals surface area contributed by atoms with Crippen LogP contribution in [-0.2, 0) is 9.59 Å². The minimum Gasteiger partial charge on any atom is -0.489 e. The third-order valence-electron chi connectivity index (χ3n) is 5.03. The SMILES string of the molecule is Cc1nc(NC(=O)CN2CCCC(C(=O)Nc3ccccc3OC(C)C)C2)sc1C. The van der Waals surface area contributed by atoms with E-state index in [1.165, 1.54) is 11.3 Å². The number of anilines is 2. The molecule has 1 fully saturated rings. The van der Waals surface area contributed by atoms with Crippen LogP contribution in [0.1, 0.15) is 37.3 Å². The van der Waals surface area contributed by atoms with Crippen molar-refractivity contribution < 1.29 is 14.3 Å². The number of amides is 2. The maximum absolute atomic E-state index is 12.9. The van der Waals surface area contributed by atoms with E-state index in [9.17, 15) is 9.59 Å². The van der Waals surface area contributed by atoms with Crippen LogP contribution in [0.5, 0.6) is 5.75 Å². The molecular formula is C22H30N4O3S. The van der Waals surface area contributed by atoms with Gasteiger partial charge < -0.3 is 15.4 Å². The van der Waals surface area contributed by atoms with Crippen molar-refractivity contribution in [1.29, 1.82) is 0 Å². The first-order valence-corrected chi connectivity index (χ1v) is 11.2. The predicted molar refractivity (Wildman–Crippen MR) is 120 cm³/mol. The fourth-order valence-corrected chi connectivity index (χ4v) is 4.29. The predicted octanol–water partition coefficient (Wildman–Crippen LogP) is 3.84. The zero-order valence-electron chi connectivity index (χ0n) is 18.0. The van der Waals surface area contributed by atoms with Crippen LogP contribution < -0.4 is 15.4 Å². The number of ether oxygens (including phenoxy) is 1. The summed E-state index contributed by atoms with van der Waals surface area (Å²) in [5.74, 6) is 0.372. The summed E-state index contributed by atoms with van der Waals surface area (Å²) in [5.41, 5.74) is 1.62. The molecule has 2 amide bonds. The number of carbonyl (C=O) groups is 2. The third-order valence-corrected chi connectivity index (χ3v) is 6.01. The Balaban J connectivity index is 1.55. The number of hydrogen-bond acceptors (Lipinski definition) is 6. The summed E-state index contributed by atoms with van der Waals surface area (Å²) in [6, 6.07) is 7.47. The molecule has 0 spiro atoms. The Morgan fingerprint density at radius 1 is 1.27 bits per heavy atom. The number of rotatable bonds is 7. The number of carbonyl (C=O) groups excluding carboxylic acids is 2. The lowest BCUT2D eigenvalue weighted by Gasteiger charge is -2.31. The summed E-state index contributed by atoms with van der Waals surface area (Å²) in [7, 11) is 0. The van der Waals surface area contributed by atoms with Crippen LogP contribution in [0, 0.1) is 19.8 Å². The number of nitrogens with zero attached hydrogens (tertiary/aromatic N) is 2. The van der Waals surface area contributed by atoms with Gasteiger partial charge in [-0.1, -0.05) is 12.1 Å². The second-order valence-electron chi connectivity index (χ2n) is 7.94. The Morgan fingerprint density at radius 2 is 2.03 bits per heavy atom. The van der Waals surface area contributed by atoms with Crippen LogP contribution in [0.2, 0.25) is 0 Å². The number of hydrogen-bond donors (Lipinski definition) is 2. The summed E-state index contributed by atoms with van der Waals surface area (Å²) in [4.78, 5) is 32.8. The highest BCUT2D eigenvalue weighted by Gasteiger charge is 2.27. The molecule has 1 unspecified atom stereocenters. The van der Waals surface area contributed by atoms with Crippen molar-refractivity contribution in [3.05, 3.63) is 34.8 Å². The van der Waals surface area contributed by atoms with Gasteiger partial charge in [0.2, 0.25) is 11.8 Å². The molecule has 2 heterocycles. The van der Waals surface area contributed by atoms with Crippen LogP contribution >= 0.6 is 11.3 Å². The average Bonchev–Trinajstić information content (AvgIpc) is 3.00. The number of likely N-dealkylation sites (tertiary alicyclic amines) is 1. The molecule has 2 aromatic rings. The molecule has 1 aliphatic rings. The van der Waals surface area contributed by atoms with E-state index in [0.29, 0.717) is 23.1 Å². The minimum absolute atomic E-state index is 0.0251. The Kier molecular flexibility index (Phi) is 7.44. The first kappa shape index (κ1) is 22.2. The first-order valence-electron chi connectivity index (χ1n) is 10.3. The van der Waals surface area contributed by atoms with Crippen LogP contribution in [0.3, 0.4) is 0 Å². The Labute approximate surface area is 181 Å². The van der Waals surface area contributed by atoms with E-state index >= 15 is 0 Å². The van der Waals surface area contributed by atoms with E-state index in [4.69, 9.17) is 4.74 Å². The quantitative estimate of drug-likeness (QED) is 0.697. The number of para-hydroxylation sites is 2. The topological polar surface area (TPSA) is 83.6 Å². The molecule has 30 heavy (non-hydrogen) atoms. The molecule has 7 nitrogen and oxygen atoms in total. The molecule has 0 bridgehead atoms. The van der Waals surface area contributed by atoms with Crippen LogP contribution in [0.25, 0.3) is 0 Å². The summed E-state index contributed by atoms with van der Waals surface area (Å²) in [6.45, 7) is 9.45. The highest BCUT2D eigenvalue weighted by Crippen LogP contribution is 2.27. The molecule has 1 saturated heterocycles. The molecule has 162 valence electrons. The molecule has 0 aliphatic carbocycles. The van der Waals surface area contributed by atoms with E-state index in [1.807, 2.05) is 56.9 Å². The van der Waals surface area contributed by atoms with Gasteiger partial charge in [-0.15, -0.1) is 11.3 Å². The van der Waals surface area contributed by atoms with Gasteiger partial charge in [-0.25, -0.2) is 4.98 Å². The second-order valence-corrected chi connectivity index (χ2v) is 9.14. The monoisotopic (exact) mass is 430 g/mol. The minimum atomic E-state index is -0.164. The second kappa shape index (κ2) is 10.0. The number of piperidine rings is 1. The molecule has 0 saturated carbocycles. The number of nitrogens with one attached hydrogen (secondary N) is 2. The molecule has 8 heteroatoms. The molecule has 1 atom stereocenters. The van der Waals surface area contributed by atoms with Gasteiger partial charge in [0.15, 0.2) is 5.13 Å². The first-order chi connectivity index (χ1) is 14.3. The van der Waals surface area contributed by atoms with Crippen molar-refractivity contribution in [1.82, 2.24) is 9.88 Å². The van der Waals surface area contributed by atoms with Gasteiger partial charge in [0.25, 0.3) is 0 Å². The Bertz CT molecular complexity index is 877. The highest BCUT2D eigenvalue weighted by molar-refractivity contribution is 7.15. The molecular weight excluding hydrogens is 400 g/mol. The highest BCUT2D eigenvalue weighted by atomic mass is 32.1. The van der Waals surface area contributed by atoms with Gasteiger partial charge >= 0.3 is 0 Å². The van der Waals surface area contributed by atoms with Crippen molar-refractivity contribution in [3.63, 3.8) is 0 Å². The van der Waals surface area contributed by atoms with Crippen molar-refractivity contribution >= 4 is 34.0 Å². The van der Waals surface area contributed by atoms with Crippen molar-refractivity contribution in [2.75, 3.05) is 30.3 Å². The van der Waals surface area contributed by atoms with Crippen molar-refractivity contribution in [2.45, 2.75) is 46.6 Å². The van der Waals surface area contributed by atoms with E-state index in [0.717, 1.165) is 30.0 Å². The zero-order valence-corrected chi connectivity index (χ0v) is 18.8. The molecule has 3 rings (SSSR count). The lowest BCUT2D eigenvalue weighted by Crippen LogP contribution is -2.44. The van der Waals surface area contributed by atoms with Gasteiger partial charge in [-0.2, -0.15) is 0 Å². The normalized spacial score (nSPS) is 17.0. The van der Waals surface area contributed by atoms with Crippen LogP contribution in [0.4, 0.5) is 10.8 Å². The van der Waals surface area contributed by atoms with Crippen LogP contribution in [0.15, 0.2) is 24.3 Å². The fraction of sp³-hybridized carbons (Fsp3) is 0.500.